The van der Waals surface area contributed by atoms with Crippen LogP contribution in [0, 0.1) is 39.4 Å². The minimum absolute atomic E-state index is 0.0352. The van der Waals surface area contributed by atoms with Crippen molar-refractivity contribution >= 4 is 11.8 Å². The van der Waals surface area contributed by atoms with Gasteiger partial charge in [-0.25, -0.2) is 4.79 Å². The van der Waals surface area contributed by atoms with E-state index >= 15 is 0 Å². The highest BCUT2D eigenvalue weighted by molar-refractivity contribution is 6.00. The highest BCUT2D eigenvalue weighted by atomic mass is 16.4. The zero-order valence-electron chi connectivity index (χ0n) is 22.8. The van der Waals surface area contributed by atoms with Crippen LogP contribution < -0.4 is 0 Å². The molecule has 2 saturated carbocycles. The summed E-state index contributed by atoms with van der Waals surface area (Å²) in [5.41, 5.74) is 1.22. The number of Topliss-reactive ketones (excluding diaryl/α,β-unsaturated/α-hetero) is 1. The standard InChI is InChI=1S/C30H46O5/c1-17(9-8-10-18(2)26(34)35)19-11-14-29(6)25-20(31)15-22-27(3,4)23(33)12-13-28(22,5)24(25)21(32)16-30(19,29)7/h10,17,19,21-23,32-33H,8-9,11-16H2,1-7H3,(H,34,35). The molecular formula is C30H46O5. The lowest BCUT2D eigenvalue weighted by Gasteiger charge is -2.62. The van der Waals surface area contributed by atoms with Gasteiger partial charge in [-0.05, 0) is 91.4 Å². The summed E-state index contributed by atoms with van der Waals surface area (Å²) in [6, 6.07) is 0. The number of carbonyl (C=O) groups excluding carboxylic acids is 1. The number of carboxylic acid groups (broad SMARTS) is 1. The Morgan fingerprint density at radius 3 is 2.40 bits per heavy atom. The lowest BCUT2D eigenvalue weighted by molar-refractivity contribution is -0.138. The molecule has 8 atom stereocenters. The van der Waals surface area contributed by atoms with Crippen LogP contribution in [0.1, 0.15) is 99.8 Å². The first kappa shape index (κ1) is 26.6. The molecule has 5 nitrogen and oxygen atoms in total. The summed E-state index contributed by atoms with van der Waals surface area (Å²) in [5, 5.41) is 31.7. The van der Waals surface area contributed by atoms with E-state index in [0.29, 0.717) is 36.7 Å². The topological polar surface area (TPSA) is 94.8 Å². The van der Waals surface area contributed by atoms with Crippen molar-refractivity contribution in [2.45, 2.75) is 112 Å². The third kappa shape index (κ3) is 3.70. The quantitative estimate of drug-likeness (QED) is 0.434. The molecule has 0 aromatic carbocycles. The molecule has 8 unspecified atom stereocenters. The normalized spacial score (nSPS) is 43.9. The molecule has 0 aromatic rings. The molecule has 2 fully saturated rings. The molecule has 0 saturated heterocycles. The highest BCUT2D eigenvalue weighted by Crippen LogP contribution is 2.71. The molecule has 4 aliphatic carbocycles. The lowest BCUT2D eigenvalue weighted by Crippen LogP contribution is -2.59. The first-order valence-corrected chi connectivity index (χ1v) is 13.7. The van der Waals surface area contributed by atoms with Gasteiger partial charge in [0.05, 0.1) is 12.2 Å². The molecule has 35 heavy (non-hydrogen) atoms. The summed E-state index contributed by atoms with van der Waals surface area (Å²) >= 11 is 0. The van der Waals surface area contributed by atoms with Gasteiger partial charge in [0.1, 0.15) is 0 Å². The summed E-state index contributed by atoms with van der Waals surface area (Å²) in [4.78, 5) is 25.1. The fourth-order valence-electron chi connectivity index (χ4n) is 9.23. The first-order valence-electron chi connectivity index (χ1n) is 13.7. The average molecular weight is 487 g/mol. The molecule has 4 aliphatic rings. The molecule has 3 N–H and O–H groups in total. The molecule has 0 radical (unpaired) electrons. The summed E-state index contributed by atoms with van der Waals surface area (Å²) in [6.07, 6.45) is 7.01. The van der Waals surface area contributed by atoms with Crippen molar-refractivity contribution in [1.82, 2.24) is 0 Å². The van der Waals surface area contributed by atoms with Gasteiger partial charge in [0.25, 0.3) is 0 Å². The molecule has 0 aromatic heterocycles. The van der Waals surface area contributed by atoms with Gasteiger partial charge >= 0.3 is 5.97 Å². The van der Waals surface area contributed by atoms with Crippen LogP contribution in [-0.4, -0.2) is 39.3 Å². The fourth-order valence-corrected chi connectivity index (χ4v) is 9.23. The second-order valence-electron chi connectivity index (χ2n) is 13.6. The predicted octanol–water partition coefficient (Wildman–Crippen LogP) is 5.69. The van der Waals surface area contributed by atoms with Gasteiger partial charge in [0, 0.05) is 23.0 Å². The maximum Gasteiger partial charge on any atom is 0.330 e. The van der Waals surface area contributed by atoms with E-state index in [4.69, 9.17) is 5.11 Å². The largest absolute Gasteiger partial charge is 0.478 e. The number of aliphatic hydroxyl groups is 2. The van der Waals surface area contributed by atoms with Crippen LogP contribution in [0.3, 0.4) is 0 Å². The summed E-state index contributed by atoms with van der Waals surface area (Å²) in [5.74, 6) is 0.102. The van der Waals surface area contributed by atoms with E-state index in [0.717, 1.165) is 43.3 Å². The number of rotatable bonds is 5. The Morgan fingerprint density at radius 1 is 1.11 bits per heavy atom. The van der Waals surface area contributed by atoms with E-state index in [1.165, 1.54) is 0 Å². The van der Waals surface area contributed by atoms with Crippen molar-refractivity contribution in [3.8, 4) is 0 Å². The van der Waals surface area contributed by atoms with Crippen LogP contribution in [0.4, 0.5) is 0 Å². The number of hydrogen-bond acceptors (Lipinski definition) is 4. The van der Waals surface area contributed by atoms with Crippen molar-refractivity contribution < 1.29 is 24.9 Å². The predicted molar refractivity (Wildman–Crippen MR) is 137 cm³/mol. The Balaban J connectivity index is 1.70. The highest BCUT2D eigenvalue weighted by Gasteiger charge is 2.67. The molecule has 0 aliphatic heterocycles. The maximum absolute atomic E-state index is 13.9. The molecule has 5 heteroatoms. The van der Waals surface area contributed by atoms with Crippen LogP contribution in [0.2, 0.25) is 0 Å². The molecule has 4 rings (SSSR count). The Morgan fingerprint density at radius 2 is 1.77 bits per heavy atom. The van der Waals surface area contributed by atoms with Gasteiger partial charge in [0.15, 0.2) is 5.78 Å². The molecule has 196 valence electrons. The van der Waals surface area contributed by atoms with Gasteiger partial charge in [-0.15, -0.1) is 0 Å². The molecule has 0 bridgehead atoms. The zero-order valence-corrected chi connectivity index (χ0v) is 22.8. The lowest BCUT2D eigenvalue weighted by atomic mass is 9.42. The van der Waals surface area contributed by atoms with E-state index in [2.05, 4.69) is 41.5 Å². The van der Waals surface area contributed by atoms with Gasteiger partial charge in [0.2, 0.25) is 0 Å². The SMILES string of the molecule is CC(=CCCC(C)C1CCC2(C)C3=C(C(O)CC12C)C1(C)CCC(O)C(C)(C)C1CC3=O)C(=O)O. The van der Waals surface area contributed by atoms with Crippen molar-refractivity contribution in [2.24, 2.45) is 39.4 Å². The smallest absolute Gasteiger partial charge is 0.330 e. The number of aliphatic carboxylic acids is 1. The van der Waals surface area contributed by atoms with E-state index < -0.39 is 18.2 Å². The minimum atomic E-state index is -0.867. The molecule has 0 heterocycles. The number of aliphatic hydroxyl groups excluding tert-OH is 2. The number of hydrogen-bond donors (Lipinski definition) is 3. The summed E-state index contributed by atoms with van der Waals surface area (Å²) in [7, 11) is 0. The monoisotopic (exact) mass is 486 g/mol. The number of carbonyl (C=O) groups is 2. The Kier molecular flexibility index (Phi) is 6.50. The second kappa shape index (κ2) is 8.55. The Labute approximate surface area is 211 Å². The molecule has 0 spiro atoms. The Hall–Kier alpha value is -1.46. The number of allylic oxidation sites excluding steroid dienone is 2. The third-order valence-electron chi connectivity index (χ3n) is 11.6. The van der Waals surface area contributed by atoms with Gasteiger partial charge in [-0.1, -0.05) is 47.6 Å². The van der Waals surface area contributed by atoms with Crippen molar-refractivity contribution in [3.63, 3.8) is 0 Å². The van der Waals surface area contributed by atoms with E-state index in [-0.39, 0.29) is 33.4 Å². The van der Waals surface area contributed by atoms with Crippen LogP contribution in [-0.2, 0) is 9.59 Å². The Bertz CT molecular complexity index is 975. The maximum atomic E-state index is 13.9. The number of fused-ring (bicyclic) bond motifs is 4. The van der Waals surface area contributed by atoms with E-state index in [1.807, 2.05) is 6.08 Å². The zero-order chi connectivity index (χ0) is 26.1. The summed E-state index contributed by atoms with van der Waals surface area (Å²) < 4.78 is 0. The van der Waals surface area contributed by atoms with E-state index in [9.17, 15) is 19.8 Å². The first-order chi connectivity index (χ1) is 16.1. The third-order valence-corrected chi connectivity index (χ3v) is 11.6. The number of carboxylic acids is 1. The molecular weight excluding hydrogens is 440 g/mol. The van der Waals surface area contributed by atoms with Crippen LogP contribution in [0.15, 0.2) is 22.8 Å². The van der Waals surface area contributed by atoms with Crippen LogP contribution in [0.25, 0.3) is 0 Å². The van der Waals surface area contributed by atoms with Crippen LogP contribution in [0.5, 0.6) is 0 Å². The fraction of sp³-hybridized carbons (Fsp3) is 0.800. The van der Waals surface area contributed by atoms with Crippen molar-refractivity contribution in [2.75, 3.05) is 0 Å². The van der Waals surface area contributed by atoms with Crippen molar-refractivity contribution in [3.05, 3.63) is 22.8 Å². The van der Waals surface area contributed by atoms with Gasteiger partial charge < -0.3 is 15.3 Å². The number of ketones is 1. The summed E-state index contributed by atoms with van der Waals surface area (Å²) in [6.45, 7) is 14.9. The van der Waals surface area contributed by atoms with Crippen molar-refractivity contribution in [1.29, 1.82) is 0 Å². The van der Waals surface area contributed by atoms with Crippen LogP contribution >= 0.6 is 0 Å². The second-order valence-corrected chi connectivity index (χ2v) is 13.6. The average Bonchev–Trinajstić information content (AvgIpc) is 3.03. The van der Waals surface area contributed by atoms with Gasteiger partial charge in [-0.2, -0.15) is 0 Å². The minimum Gasteiger partial charge on any atom is -0.478 e. The van der Waals surface area contributed by atoms with E-state index in [1.54, 1.807) is 6.92 Å². The molecule has 0 amide bonds. The van der Waals surface area contributed by atoms with Gasteiger partial charge in [-0.3, -0.25) is 4.79 Å².